The summed E-state index contributed by atoms with van der Waals surface area (Å²) in [4.78, 5) is 14.1. The van der Waals surface area contributed by atoms with Gasteiger partial charge in [-0.1, -0.05) is 29.8 Å². The van der Waals surface area contributed by atoms with Crippen molar-refractivity contribution in [2.45, 2.75) is 19.0 Å². The Morgan fingerprint density at radius 3 is 2.30 bits per heavy atom. The molecule has 1 heterocycles. The number of ketones is 1. The minimum absolute atomic E-state index is 0.110. The summed E-state index contributed by atoms with van der Waals surface area (Å²) < 4.78 is 43.8. The van der Waals surface area contributed by atoms with Gasteiger partial charge < -0.3 is 4.74 Å². The molecule has 1 fully saturated rings. The van der Waals surface area contributed by atoms with E-state index in [1.807, 2.05) is 29.2 Å². The van der Waals surface area contributed by atoms with Gasteiger partial charge in [0.05, 0.1) is 5.92 Å². The lowest BCUT2D eigenvalue weighted by molar-refractivity contribution is -0.185. The van der Waals surface area contributed by atoms with Gasteiger partial charge >= 0.3 is 6.18 Å². The molecule has 1 aliphatic rings. The molecule has 0 aromatic heterocycles. The van der Waals surface area contributed by atoms with Crippen molar-refractivity contribution in [2.24, 2.45) is 5.92 Å². The number of carbonyl (C=O) groups is 1. The predicted octanol–water partition coefficient (Wildman–Crippen LogP) is 5.89. The maximum Gasteiger partial charge on any atom is 0.391 e. The monoisotopic (exact) mass is 437 g/mol. The van der Waals surface area contributed by atoms with Gasteiger partial charge in [0.15, 0.2) is 5.78 Å². The van der Waals surface area contributed by atoms with Gasteiger partial charge in [0.1, 0.15) is 12.4 Å². The number of alkyl halides is 3. The van der Waals surface area contributed by atoms with E-state index in [0.29, 0.717) is 42.6 Å². The van der Waals surface area contributed by atoms with Crippen LogP contribution in [-0.2, 0) is 0 Å². The van der Waals surface area contributed by atoms with Gasteiger partial charge in [0.2, 0.25) is 0 Å². The van der Waals surface area contributed by atoms with Crippen molar-refractivity contribution in [2.75, 3.05) is 26.2 Å². The molecule has 0 spiro atoms. The number of nitrogens with zero attached hydrogens (tertiary/aromatic N) is 1. The first-order chi connectivity index (χ1) is 14.3. The maximum atomic E-state index is 12.7. The van der Waals surface area contributed by atoms with Crippen molar-refractivity contribution in [1.29, 1.82) is 0 Å². The Kier molecular flexibility index (Phi) is 7.56. The van der Waals surface area contributed by atoms with Crippen LogP contribution in [0.15, 0.2) is 54.6 Å². The molecule has 30 heavy (non-hydrogen) atoms. The summed E-state index contributed by atoms with van der Waals surface area (Å²) in [5.74, 6) is -0.607. The van der Waals surface area contributed by atoms with Crippen molar-refractivity contribution in [3.05, 3.63) is 70.8 Å². The summed E-state index contributed by atoms with van der Waals surface area (Å²) in [5.41, 5.74) is 1.42. The van der Waals surface area contributed by atoms with Gasteiger partial charge in [0.25, 0.3) is 0 Å². The number of allylic oxidation sites excluding steroid dienone is 1. The largest absolute Gasteiger partial charge is 0.492 e. The molecule has 0 bridgehead atoms. The summed E-state index contributed by atoms with van der Waals surface area (Å²) in [6, 6.07) is 14.0. The second-order valence-corrected chi connectivity index (χ2v) is 7.72. The van der Waals surface area contributed by atoms with Crippen LogP contribution in [0.5, 0.6) is 5.75 Å². The topological polar surface area (TPSA) is 29.5 Å². The van der Waals surface area contributed by atoms with E-state index < -0.39 is 12.1 Å². The average molecular weight is 438 g/mol. The number of hydrogen-bond acceptors (Lipinski definition) is 3. The Balaban J connectivity index is 1.41. The van der Waals surface area contributed by atoms with Gasteiger partial charge in [0, 0.05) is 17.1 Å². The van der Waals surface area contributed by atoms with E-state index >= 15 is 0 Å². The zero-order chi connectivity index (χ0) is 21.6. The lowest BCUT2D eigenvalue weighted by atomic mass is 9.96. The van der Waals surface area contributed by atoms with Crippen LogP contribution < -0.4 is 4.74 Å². The van der Waals surface area contributed by atoms with E-state index in [-0.39, 0.29) is 18.6 Å². The van der Waals surface area contributed by atoms with E-state index in [4.69, 9.17) is 16.3 Å². The first-order valence-corrected chi connectivity index (χ1v) is 10.2. The molecule has 0 N–H and O–H groups in total. The molecule has 7 heteroatoms. The van der Waals surface area contributed by atoms with Crippen molar-refractivity contribution >= 4 is 23.5 Å². The minimum Gasteiger partial charge on any atom is -0.492 e. The van der Waals surface area contributed by atoms with E-state index in [1.54, 1.807) is 30.3 Å². The number of rotatable bonds is 7. The van der Waals surface area contributed by atoms with Crippen LogP contribution in [0.3, 0.4) is 0 Å². The van der Waals surface area contributed by atoms with Gasteiger partial charge in [-0.15, -0.1) is 0 Å². The fraction of sp³-hybridized carbons (Fsp3) is 0.348. The van der Waals surface area contributed by atoms with Crippen molar-refractivity contribution in [3.8, 4) is 5.75 Å². The first kappa shape index (κ1) is 22.4. The third kappa shape index (κ3) is 6.61. The number of halogens is 4. The van der Waals surface area contributed by atoms with E-state index in [9.17, 15) is 18.0 Å². The molecule has 0 saturated carbocycles. The Labute approximate surface area is 179 Å². The predicted molar refractivity (Wildman–Crippen MR) is 112 cm³/mol. The van der Waals surface area contributed by atoms with Crippen molar-refractivity contribution in [1.82, 2.24) is 4.90 Å². The second-order valence-electron chi connectivity index (χ2n) is 7.28. The third-order valence-corrected chi connectivity index (χ3v) is 5.41. The zero-order valence-electron chi connectivity index (χ0n) is 16.4. The number of carbonyl (C=O) groups excluding carboxylic acids is 1. The molecular weight excluding hydrogens is 415 g/mol. The van der Waals surface area contributed by atoms with E-state index in [2.05, 4.69) is 0 Å². The normalized spacial score (nSPS) is 16.1. The molecule has 3 nitrogen and oxygen atoms in total. The molecule has 0 amide bonds. The molecule has 160 valence electrons. The number of ether oxygens (including phenoxy) is 1. The lowest BCUT2D eigenvalue weighted by Gasteiger charge is -2.32. The van der Waals surface area contributed by atoms with Crippen LogP contribution in [0.1, 0.15) is 28.8 Å². The van der Waals surface area contributed by atoms with Gasteiger partial charge in [-0.3, -0.25) is 9.69 Å². The summed E-state index contributed by atoms with van der Waals surface area (Å²) in [5, 5.41) is 0.580. The summed E-state index contributed by atoms with van der Waals surface area (Å²) in [6.45, 7) is 1.90. The van der Waals surface area contributed by atoms with Gasteiger partial charge in [-0.05, 0) is 74.0 Å². The molecular formula is C23H23ClF3NO2. The number of hydrogen-bond donors (Lipinski definition) is 0. The SMILES string of the molecule is O=C(C=Cc1ccc(OCCN2CCC(C(F)(F)F)CC2)cc1)c1ccc(Cl)cc1. The average Bonchev–Trinajstić information content (AvgIpc) is 2.73. The van der Waals surface area contributed by atoms with Gasteiger partial charge in [-0.2, -0.15) is 13.2 Å². The molecule has 0 atom stereocenters. The molecule has 1 aliphatic heterocycles. The Morgan fingerprint density at radius 2 is 1.70 bits per heavy atom. The number of piperidine rings is 1. The first-order valence-electron chi connectivity index (χ1n) is 9.81. The van der Waals surface area contributed by atoms with E-state index in [1.165, 1.54) is 6.08 Å². The standard InChI is InChI=1S/C23H23ClF3NO2/c24-20-6-4-18(5-7-20)22(29)10-3-17-1-8-21(9-2-17)30-16-15-28-13-11-19(12-14-28)23(25,26)27/h1-10,19H,11-16H2. The third-order valence-electron chi connectivity index (χ3n) is 5.16. The Bertz CT molecular complexity index is 856. The Hall–Kier alpha value is -2.31. The number of benzene rings is 2. The smallest absolute Gasteiger partial charge is 0.391 e. The Morgan fingerprint density at radius 1 is 1.07 bits per heavy atom. The number of likely N-dealkylation sites (tertiary alicyclic amines) is 1. The highest BCUT2D eigenvalue weighted by Crippen LogP contribution is 2.33. The highest BCUT2D eigenvalue weighted by Gasteiger charge is 2.40. The quantitative estimate of drug-likeness (QED) is 0.399. The molecule has 0 aliphatic carbocycles. The summed E-state index contributed by atoms with van der Waals surface area (Å²) in [7, 11) is 0. The zero-order valence-corrected chi connectivity index (χ0v) is 17.1. The minimum atomic E-state index is -4.09. The highest BCUT2D eigenvalue weighted by molar-refractivity contribution is 6.30. The van der Waals surface area contributed by atoms with Crippen LogP contribution >= 0.6 is 11.6 Å². The maximum absolute atomic E-state index is 12.7. The lowest BCUT2D eigenvalue weighted by Crippen LogP contribution is -2.40. The molecule has 3 rings (SSSR count). The van der Waals surface area contributed by atoms with Crippen LogP contribution in [0.2, 0.25) is 5.02 Å². The fourth-order valence-electron chi connectivity index (χ4n) is 3.33. The van der Waals surface area contributed by atoms with Crippen LogP contribution in [-0.4, -0.2) is 43.1 Å². The molecule has 2 aromatic carbocycles. The molecule has 1 saturated heterocycles. The molecule has 2 aromatic rings. The van der Waals surface area contributed by atoms with Gasteiger partial charge in [-0.25, -0.2) is 0 Å². The van der Waals surface area contributed by atoms with Crippen molar-refractivity contribution < 1.29 is 22.7 Å². The van der Waals surface area contributed by atoms with Crippen LogP contribution in [0, 0.1) is 5.92 Å². The molecule has 0 unspecified atom stereocenters. The second kappa shape index (κ2) is 10.1. The van der Waals surface area contributed by atoms with Crippen LogP contribution in [0.25, 0.3) is 6.08 Å². The molecule has 0 radical (unpaired) electrons. The van der Waals surface area contributed by atoms with E-state index in [0.717, 1.165) is 5.56 Å². The van der Waals surface area contributed by atoms with Crippen molar-refractivity contribution in [3.63, 3.8) is 0 Å². The summed E-state index contributed by atoms with van der Waals surface area (Å²) >= 11 is 5.82. The fourth-order valence-corrected chi connectivity index (χ4v) is 3.46. The summed E-state index contributed by atoms with van der Waals surface area (Å²) in [6.07, 6.45) is -0.550. The highest BCUT2D eigenvalue weighted by atomic mass is 35.5. The van der Waals surface area contributed by atoms with Crippen LogP contribution in [0.4, 0.5) is 13.2 Å².